The fraction of sp³-hybridized carbons (Fsp3) is 0.438. The van der Waals surface area contributed by atoms with Crippen molar-refractivity contribution in [3.8, 4) is 10.6 Å². The highest BCUT2D eigenvalue weighted by molar-refractivity contribution is 7.18. The average Bonchev–Trinajstić information content (AvgIpc) is 2.97. The van der Waals surface area contributed by atoms with Crippen LogP contribution in [0.1, 0.15) is 38.5 Å². The maximum Gasteiger partial charge on any atom is 0.226 e. The number of aromatic nitrogens is 2. The first-order valence-electron chi connectivity index (χ1n) is 7.50. The number of carbonyl (C=O) groups is 1. The summed E-state index contributed by atoms with van der Waals surface area (Å²) >= 11 is 1.42. The molecule has 1 aromatic heterocycles. The van der Waals surface area contributed by atoms with Crippen molar-refractivity contribution in [1.29, 1.82) is 0 Å². The van der Waals surface area contributed by atoms with E-state index in [4.69, 9.17) is 0 Å². The predicted molar refractivity (Wildman–Crippen MR) is 85.2 cm³/mol. The van der Waals surface area contributed by atoms with Gasteiger partial charge < -0.3 is 5.32 Å². The Hall–Kier alpha value is -1.75. The van der Waals surface area contributed by atoms with E-state index in [9.17, 15) is 4.79 Å². The first kappa shape index (κ1) is 14.2. The van der Waals surface area contributed by atoms with Gasteiger partial charge in [-0.3, -0.25) is 4.79 Å². The number of anilines is 1. The Morgan fingerprint density at radius 1 is 1.14 bits per heavy atom. The average molecular weight is 301 g/mol. The molecule has 0 atom stereocenters. The van der Waals surface area contributed by atoms with E-state index in [1.165, 1.54) is 43.4 Å². The van der Waals surface area contributed by atoms with Crippen LogP contribution >= 0.6 is 11.3 Å². The first-order chi connectivity index (χ1) is 10.3. The number of amides is 1. The maximum absolute atomic E-state index is 12.1. The van der Waals surface area contributed by atoms with Gasteiger partial charge in [0, 0.05) is 12.0 Å². The van der Waals surface area contributed by atoms with Crippen molar-refractivity contribution in [2.45, 2.75) is 38.5 Å². The second kappa shape index (κ2) is 6.80. The lowest BCUT2D eigenvalue weighted by atomic mass is 9.87. The molecule has 0 aliphatic heterocycles. The molecule has 1 amide bonds. The number of hydrogen-bond donors (Lipinski definition) is 1. The first-order valence-corrected chi connectivity index (χ1v) is 8.32. The van der Waals surface area contributed by atoms with E-state index in [0.717, 1.165) is 10.6 Å². The van der Waals surface area contributed by atoms with Crippen LogP contribution < -0.4 is 5.32 Å². The number of nitrogens with zero attached hydrogens (tertiary/aromatic N) is 2. The van der Waals surface area contributed by atoms with Gasteiger partial charge in [-0.15, -0.1) is 10.2 Å². The summed E-state index contributed by atoms with van der Waals surface area (Å²) in [6.45, 7) is 0. The van der Waals surface area contributed by atoms with Crippen molar-refractivity contribution in [1.82, 2.24) is 10.2 Å². The summed E-state index contributed by atoms with van der Waals surface area (Å²) < 4.78 is 0. The molecule has 1 aliphatic carbocycles. The molecule has 0 spiro atoms. The molecule has 0 saturated heterocycles. The molecule has 1 saturated carbocycles. The third-order valence-electron chi connectivity index (χ3n) is 3.89. The normalized spacial score (nSPS) is 15.8. The van der Waals surface area contributed by atoms with Crippen LogP contribution in [0, 0.1) is 5.92 Å². The van der Waals surface area contributed by atoms with Crippen LogP contribution in [-0.4, -0.2) is 16.1 Å². The van der Waals surface area contributed by atoms with E-state index in [0.29, 0.717) is 17.5 Å². The number of rotatable bonds is 4. The second-order valence-electron chi connectivity index (χ2n) is 5.53. The Kier molecular flexibility index (Phi) is 4.60. The molecule has 0 bridgehead atoms. The highest BCUT2D eigenvalue weighted by atomic mass is 32.1. The fourth-order valence-corrected chi connectivity index (χ4v) is 3.56. The van der Waals surface area contributed by atoms with Crippen LogP contribution in [-0.2, 0) is 4.79 Å². The Morgan fingerprint density at radius 3 is 2.67 bits per heavy atom. The Balaban J connectivity index is 1.58. The maximum atomic E-state index is 12.1. The Morgan fingerprint density at radius 2 is 1.90 bits per heavy atom. The molecule has 0 unspecified atom stereocenters. The summed E-state index contributed by atoms with van der Waals surface area (Å²) in [7, 11) is 0. The number of hydrogen-bond acceptors (Lipinski definition) is 4. The van der Waals surface area contributed by atoms with Gasteiger partial charge in [-0.25, -0.2) is 0 Å². The molecule has 3 rings (SSSR count). The molecule has 5 heteroatoms. The van der Waals surface area contributed by atoms with Crippen LogP contribution in [0.2, 0.25) is 0 Å². The minimum absolute atomic E-state index is 0.0673. The Bertz CT molecular complexity index is 591. The SMILES string of the molecule is O=C(CC1CCCCC1)Nc1nnc(-c2ccccc2)s1. The predicted octanol–water partition coefficient (Wildman–Crippen LogP) is 4.11. The van der Waals surface area contributed by atoms with Crippen molar-refractivity contribution < 1.29 is 4.79 Å². The van der Waals surface area contributed by atoms with E-state index < -0.39 is 0 Å². The highest BCUT2D eigenvalue weighted by Crippen LogP contribution is 2.28. The van der Waals surface area contributed by atoms with Gasteiger partial charge in [0.1, 0.15) is 5.01 Å². The molecule has 1 aromatic carbocycles. The van der Waals surface area contributed by atoms with Gasteiger partial charge in [0.15, 0.2) is 0 Å². The smallest absolute Gasteiger partial charge is 0.226 e. The van der Waals surface area contributed by atoms with Gasteiger partial charge in [0.05, 0.1) is 0 Å². The quantitative estimate of drug-likeness (QED) is 0.924. The summed E-state index contributed by atoms with van der Waals surface area (Å²) in [5.74, 6) is 0.609. The summed E-state index contributed by atoms with van der Waals surface area (Å²) in [5, 5.41) is 12.5. The van der Waals surface area contributed by atoms with Crippen molar-refractivity contribution in [3.63, 3.8) is 0 Å². The van der Waals surface area contributed by atoms with Crippen molar-refractivity contribution in [2.75, 3.05) is 5.32 Å². The van der Waals surface area contributed by atoms with Gasteiger partial charge in [-0.2, -0.15) is 0 Å². The number of nitrogens with one attached hydrogen (secondary N) is 1. The number of carbonyl (C=O) groups excluding carboxylic acids is 1. The van der Waals surface area contributed by atoms with E-state index in [-0.39, 0.29) is 5.91 Å². The molecule has 21 heavy (non-hydrogen) atoms. The number of benzene rings is 1. The molecular formula is C16H19N3OS. The standard InChI is InChI=1S/C16H19N3OS/c20-14(11-12-7-3-1-4-8-12)17-16-19-18-15(21-16)13-9-5-2-6-10-13/h2,5-6,9-10,12H,1,3-4,7-8,11H2,(H,17,19,20). The summed E-state index contributed by atoms with van der Waals surface area (Å²) in [4.78, 5) is 12.1. The summed E-state index contributed by atoms with van der Waals surface area (Å²) in [5.41, 5.74) is 1.03. The van der Waals surface area contributed by atoms with Gasteiger partial charge in [-0.1, -0.05) is 60.9 Å². The molecule has 4 nitrogen and oxygen atoms in total. The zero-order valence-electron chi connectivity index (χ0n) is 11.9. The molecule has 1 fully saturated rings. The van der Waals surface area contributed by atoms with E-state index in [2.05, 4.69) is 15.5 Å². The molecule has 110 valence electrons. The van der Waals surface area contributed by atoms with Crippen molar-refractivity contribution >= 4 is 22.4 Å². The van der Waals surface area contributed by atoms with Gasteiger partial charge in [0.2, 0.25) is 11.0 Å². The molecule has 1 N–H and O–H groups in total. The van der Waals surface area contributed by atoms with Crippen LogP contribution in [0.5, 0.6) is 0 Å². The fourth-order valence-electron chi connectivity index (χ4n) is 2.79. The van der Waals surface area contributed by atoms with Crippen molar-refractivity contribution in [3.05, 3.63) is 30.3 Å². The van der Waals surface area contributed by atoms with Gasteiger partial charge in [0.25, 0.3) is 0 Å². The topological polar surface area (TPSA) is 54.9 Å². The van der Waals surface area contributed by atoms with Crippen LogP contribution in [0.4, 0.5) is 5.13 Å². The molecule has 0 radical (unpaired) electrons. The molecule has 1 heterocycles. The lowest BCUT2D eigenvalue weighted by Gasteiger charge is -2.20. The molecule has 2 aromatic rings. The lowest BCUT2D eigenvalue weighted by molar-refractivity contribution is -0.117. The minimum atomic E-state index is 0.0673. The zero-order chi connectivity index (χ0) is 14.5. The van der Waals surface area contributed by atoms with Gasteiger partial charge >= 0.3 is 0 Å². The van der Waals surface area contributed by atoms with Crippen LogP contribution in [0.3, 0.4) is 0 Å². The van der Waals surface area contributed by atoms with Crippen LogP contribution in [0.25, 0.3) is 10.6 Å². The third kappa shape index (κ3) is 3.88. The van der Waals surface area contributed by atoms with E-state index in [1.807, 2.05) is 30.3 Å². The minimum Gasteiger partial charge on any atom is -0.301 e. The third-order valence-corrected chi connectivity index (χ3v) is 4.78. The zero-order valence-corrected chi connectivity index (χ0v) is 12.7. The van der Waals surface area contributed by atoms with Gasteiger partial charge in [-0.05, 0) is 18.8 Å². The molecular weight excluding hydrogens is 282 g/mol. The largest absolute Gasteiger partial charge is 0.301 e. The molecule has 1 aliphatic rings. The Labute approximate surface area is 128 Å². The monoisotopic (exact) mass is 301 g/mol. The summed E-state index contributed by atoms with van der Waals surface area (Å²) in [6, 6.07) is 9.90. The van der Waals surface area contributed by atoms with E-state index >= 15 is 0 Å². The highest BCUT2D eigenvalue weighted by Gasteiger charge is 2.18. The van der Waals surface area contributed by atoms with Crippen molar-refractivity contribution in [2.24, 2.45) is 5.92 Å². The van der Waals surface area contributed by atoms with Crippen LogP contribution in [0.15, 0.2) is 30.3 Å². The summed E-state index contributed by atoms with van der Waals surface area (Å²) in [6.07, 6.45) is 6.80. The van der Waals surface area contributed by atoms with E-state index in [1.54, 1.807) is 0 Å². The lowest BCUT2D eigenvalue weighted by Crippen LogP contribution is -2.18. The second-order valence-corrected chi connectivity index (χ2v) is 6.51.